The number of carbonyl (C=O) groups excluding carboxylic acids is 2. The van der Waals surface area contributed by atoms with Crippen LogP contribution in [0.4, 0.5) is 9.59 Å². The molecule has 0 saturated heterocycles. The number of carbonyl (C=O) groups is 3. The molecule has 1 fully saturated rings. The summed E-state index contributed by atoms with van der Waals surface area (Å²) < 4.78 is 43.5. The van der Waals surface area contributed by atoms with E-state index in [0.29, 0.717) is 24.1 Å². The standard InChI is InChI=1S/C22H26N3O12PS/c1-21(18(26)23-30,39(2,34)35)9-10-24-14-16-11-15(13-25(16)19(24)27)5-3-4-6-22(7-8-22)12-17(36-20(28)29)37-38(31,32)33/h11,13,17,30H,7-10,12,14H2,1-2H3,(H,23,26)(H,28,29)(H2,31,32,33). The molecule has 1 saturated carbocycles. The molecule has 2 heterocycles. The van der Waals surface area contributed by atoms with E-state index in [4.69, 9.17) is 20.1 Å². The van der Waals surface area contributed by atoms with Gasteiger partial charge in [0.05, 0.1) is 6.54 Å². The van der Waals surface area contributed by atoms with Crippen LogP contribution in [0.1, 0.15) is 43.9 Å². The van der Waals surface area contributed by atoms with Crippen LogP contribution in [-0.2, 0) is 35.0 Å². The average molecular weight is 588 g/mol. The molecule has 2 amide bonds. The van der Waals surface area contributed by atoms with Crippen molar-refractivity contribution < 1.29 is 56.7 Å². The van der Waals surface area contributed by atoms with Crippen LogP contribution in [0.25, 0.3) is 0 Å². The Labute approximate surface area is 223 Å². The zero-order chi connectivity index (χ0) is 29.2. The number of fused-ring (bicyclic) bond motifs is 1. The molecule has 0 bridgehead atoms. The van der Waals surface area contributed by atoms with E-state index in [-0.39, 0.29) is 25.9 Å². The number of hydrogen-bond donors (Lipinski definition) is 5. The van der Waals surface area contributed by atoms with Crippen molar-refractivity contribution in [1.29, 1.82) is 0 Å². The lowest BCUT2D eigenvalue weighted by Gasteiger charge is -2.27. The highest BCUT2D eigenvalue weighted by molar-refractivity contribution is 7.92. The highest BCUT2D eigenvalue weighted by Gasteiger charge is 2.46. The summed E-state index contributed by atoms with van der Waals surface area (Å²) in [6, 6.07) is 1.19. The zero-order valence-corrected chi connectivity index (χ0v) is 22.5. The summed E-state index contributed by atoms with van der Waals surface area (Å²) in [7, 11) is -8.90. The van der Waals surface area contributed by atoms with E-state index < -0.39 is 52.2 Å². The van der Waals surface area contributed by atoms with E-state index in [1.807, 2.05) is 0 Å². The van der Waals surface area contributed by atoms with Crippen LogP contribution in [0, 0.1) is 29.1 Å². The molecule has 1 aromatic rings. The number of nitrogens with zero attached hydrogens (tertiary/aromatic N) is 2. The van der Waals surface area contributed by atoms with Gasteiger partial charge in [-0.25, -0.2) is 32.6 Å². The highest BCUT2D eigenvalue weighted by atomic mass is 32.2. The number of phosphoric ester groups is 1. The Hall–Kier alpha value is -3.37. The maximum Gasteiger partial charge on any atom is 0.508 e. The summed E-state index contributed by atoms with van der Waals surface area (Å²) in [6.45, 7) is 1.24. The second-order valence-corrected chi connectivity index (χ2v) is 13.0. The summed E-state index contributed by atoms with van der Waals surface area (Å²) in [6.07, 6.45) is -0.506. The van der Waals surface area contributed by atoms with Crippen LogP contribution in [0.15, 0.2) is 12.3 Å². The molecular weight excluding hydrogens is 561 g/mol. The number of hydrogen-bond acceptors (Lipinski definition) is 9. The quantitative estimate of drug-likeness (QED) is 0.0635. The molecule has 17 heteroatoms. The van der Waals surface area contributed by atoms with Crippen molar-refractivity contribution in [2.24, 2.45) is 5.41 Å². The Morgan fingerprint density at radius 1 is 1.31 bits per heavy atom. The number of rotatable bonds is 10. The second-order valence-electron chi connectivity index (χ2n) is 9.38. The average Bonchev–Trinajstić information content (AvgIpc) is 3.34. The van der Waals surface area contributed by atoms with E-state index in [9.17, 15) is 27.4 Å². The fourth-order valence-corrected chi connectivity index (χ4v) is 5.15. The van der Waals surface area contributed by atoms with Gasteiger partial charge in [-0.1, -0.05) is 11.8 Å². The molecule has 0 aromatic carbocycles. The van der Waals surface area contributed by atoms with Crippen molar-refractivity contribution in [2.45, 2.75) is 50.2 Å². The van der Waals surface area contributed by atoms with E-state index >= 15 is 0 Å². The zero-order valence-electron chi connectivity index (χ0n) is 20.8. The summed E-state index contributed by atoms with van der Waals surface area (Å²) in [4.78, 5) is 54.8. The van der Waals surface area contributed by atoms with Gasteiger partial charge in [-0.3, -0.25) is 14.6 Å². The third kappa shape index (κ3) is 7.39. The van der Waals surface area contributed by atoms with Crippen LogP contribution < -0.4 is 5.48 Å². The topological polar surface area (TPSA) is 222 Å². The van der Waals surface area contributed by atoms with Crippen molar-refractivity contribution >= 4 is 35.8 Å². The Kier molecular flexibility index (Phi) is 8.52. The number of amides is 2. The lowest BCUT2D eigenvalue weighted by atomic mass is 10.0. The molecule has 0 radical (unpaired) electrons. The van der Waals surface area contributed by atoms with Crippen LogP contribution >= 0.6 is 7.82 Å². The Morgan fingerprint density at radius 2 is 1.97 bits per heavy atom. The molecule has 0 spiro atoms. The number of aromatic nitrogens is 1. The summed E-state index contributed by atoms with van der Waals surface area (Å²) >= 11 is 0. The molecule has 5 N–H and O–H groups in total. The van der Waals surface area contributed by atoms with Crippen molar-refractivity contribution in [2.75, 3.05) is 12.8 Å². The number of carboxylic acid groups (broad SMARTS) is 1. The number of ether oxygens (including phenoxy) is 1. The first-order valence-corrected chi connectivity index (χ1v) is 14.7. The minimum Gasteiger partial charge on any atom is -0.450 e. The Morgan fingerprint density at radius 3 is 2.49 bits per heavy atom. The minimum atomic E-state index is -5.00. The fourth-order valence-electron chi connectivity index (χ4n) is 3.88. The molecule has 2 unspecified atom stereocenters. The lowest BCUT2D eigenvalue weighted by Crippen LogP contribution is -2.50. The molecule has 3 rings (SSSR count). The maximum atomic E-state index is 12.8. The van der Waals surface area contributed by atoms with Crippen LogP contribution in [0.5, 0.6) is 0 Å². The molecule has 2 atom stereocenters. The van der Waals surface area contributed by atoms with Gasteiger partial charge < -0.3 is 24.5 Å². The summed E-state index contributed by atoms with van der Waals surface area (Å²) in [5, 5.41) is 17.7. The summed E-state index contributed by atoms with van der Waals surface area (Å²) in [5.74, 6) is 9.77. The normalized spacial score (nSPS) is 18.0. The maximum absolute atomic E-state index is 12.8. The number of sulfone groups is 1. The van der Waals surface area contributed by atoms with E-state index in [1.165, 1.54) is 28.1 Å². The predicted molar refractivity (Wildman–Crippen MR) is 130 cm³/mol. The van der Waals surface area contributed by atoms with Crippen molar-refractivity contribution in [3.05, 3.63) is 23.5 Å². The lowest BCUT2D eigenvalue weighted by molar-refractivity contribution is -0.131. The predicted octanol–water partition coefficient (Wildman–Crippen LogP) is 0.626. The van der Waals surface area contributed by atoms with Crippen molar-refractivity contribution in [1.82, 2.24) is 14.9 Å². The van der Waals surface area contributed by atoms with Gasteiger partial charge in [0.15, 0.2) is 14.6 Å². The molecule has 212 valence electrons. The molecule has 39 heavy (non-hydrogen) atoms. The van der Waals surface area contributed by atoms with E-state index in [0.717, 1.165) is 6.26 Å². The van der Waals surface area contributed by atoms with Gasteiger partial charge >= 0.3 is 20.0 Å². The monoisotopic (exact) mass is 587 g/mol. The second kappa shape index (κ2) is 11.0. The molecule has 1 aromatic heterocycles. The molecular formula is C22H26N3O12PS. The fraction of sp³-hybridized carbons (Fsp3) is 0.500. The minimum absolute atomic E-state index is 0.0651. The van der Waals surface area contributed by atoms with Gasteiger partial charge in [-0.15, -0.1) is 0 Å². The van der Waals surface area contributed by atoms with Gasteiger partial charge in [0.25, 0.3) is 5.91 Å². The molecule has 2 aliphatic rings. The SMILES string of the molecule is CC(CCN1Cc2cc(C#CC#CC3(CC(OC(=O)O)OP(=O)(O)O)CC3)cn2C1=O)(C(=O)NO)S(C)(=O)=O. The van der Waals surface area contributed by atoms with Gasteiger partial charge in [0.2, 0.25) is 6.29 Å². The van der Waals surface area contributed by atoms with Crippen molar-refractivity contribution in [3.8, 4) is 23.7 Å². The number of nitrogens with one attached hydrogen (secondary N) is 1. The summed E-state index contributed by atoms with van der Waals surface area (Å²) in [5.41, 5.74) is 1.64. The number of hydroxylamine groups is 1. The molecule has 1 aliphatic carbocycles. The largest absolute Gasteiger partial charge is 0.508 e. The van der Waals surface area contributed by atoms with Gasteiger partial charge in [-0.05, 0) is 44.1 Å². The highest BCUT2D eigenvalue weighted by Crippen LogP contribution is 2.51. The smallest absolute Gasteiger partial charge is 0.450 e. The van der Waals surface area contributed by atoms with Crippen molar-refractivity contribution in [3.63, 3.8) is 0 Å². The Balaban J connectivity index is 1.64. The van der Waals surface area contributed by atoms with Gasteiger partial charge in [0.1, 0.15) is 0 Å². The first-order chi connectivity index (χ1) is 18.0. The molecule has 1 aliphatic heterocycles. The van der Waals surface area contributed by atoms with E-state index in [2.05, 4.69) is 32.9 Å². The number of phosphoric acid groups is 1. The van der Waals surface area contributed by atoms with E-state index in [1.54, 1.807) is 6.07 Å². The van der Waals surface area contributed by atoms with Crippen LogP contribution in [0.3, 0.4) is 0 Å². The third-order valence-electron chi connectivity index (χ3n) is 6.48. The first kappa shape index (κ1) is 30.2. The Bertz CT molecular complexity index is 1450. The third-order valence-corrected chi connectivity index (χ3v) is 9.02. The molecule has 15 nitrogen and oxygen atoms in total. The van der Waals surface area contributed by atoms with Crippen LogP contribution in [0.2, 0.25) is 0 Å². The van der Waals surface area contributed by atoms with Gasteiger partial charge in [-0.2, -0.15) is 0 Å². The van der Waals surface area contributed by atoms with Gasteiger partial charge in [0, 0.05) is 42.1 Å². The first-order valence-electron chi connectivity index (χ1n) is 11.3. The van der Waals surface area contributed by atoms with Crippen LogP contribution in [-0.4, -0.2) is 79.9 Å².